The monoisotopic (exact) mass is 729 g/mol. The first kappa shape index (κ1) is 32.4. The highest BCUT2D eigenvalue weighted by atomic mass is 32.1. The van der Waals surface area contributed by atoms with Crippen molar-refractivity contribution in [3.8, 4) is 33.4 Å². The van der Waals surface area contributed by atoms with E-state index in [4.69, 9.17) is 0 Å². The molecule has 0 amide bonds. The fourth-order valence-corrected chi connectivity index (χ4v) is 9.77. The van der Waals surface area contributed by atoms with Gasteiger partial charge in [-0.2, -0.15) is 0 Å². The Labute approximate surface area is 330 Å². The second-order valence-corrected chi connectivity index (χ2v) is 15.5. The van der Waals surface area contributed by atoms with Crippen LogP contribution in [0.2, 0.25) is 0 Å². The highest BCUT2D eigenvalue weighted by molar-refractivity contribution is 7.26. The maximum atomic E-state index is 2.40. The molecule has 56 heavy (non-hydrogen) atoms. The van der Waals surface area contributed by atoms with Crippen LogP contribution in [0.4, 0.5) is 17.1 Å². The Morgan fingerprint density at radius 1 is 0.304 bits per heavy atom. The quantitative estimate of drug-likeness (QED) is 0.154. The molecule has 262 valence electrons. The lowest BCUT2D eigenvalue weighted by molar-refractivity contribution is 1.28. The third-order valence-electron chi connectivity index (χ3n) is 11.3. The largest absolute Gasteiger partial charge is 0.310 e. The standard InChI is InChI=1S/C54H35NS/c1-2-12-37(13-3-1)45-16-8-10-20-52(45)55(43-30-24-38(25-31-43)51-35-40-14-4-5-15-44(40)47-17-6-7-18-48(47)51)42-28-22-36(23-29-42)39-26-32-46-41(34-39)27-33-50-49-19-9-11-21-53(49)56-54(46)50/h1-35H. The van der Waals surface area contributed by atoms with Crippen molar-refractivity contribution in [2.24, 2.45) is 0 Å². The molecule has 0 unspecified atom stereocenters. The first-order chi connectivity index (χ1) is 27.8. The lowest BCUT2D eigenvalue weighted by Crippen LogP contribution is -2.11. The maximum Gasteiger partial charge on any atom is 0.0540 e. The van der Waals surface area contributed by atoms with Crippen molar-refractivity contribution in [2.45, 2.75) is 0 Å². The zero-order chi connectivity index (χ0) is 37.0. The summed E-state index contributed by atoms with van der Waals surface area (Å²) in [6, 6.07) is 77.6. The van der Waals surface area contributed by atoms with Gasteiger partial charge in [-0.1, -0.05) is 164 Å². The van der Waals surface area contributed by atoms with Crippen molar-refractivity contribution in [1.29, 1.82) is 0 Å². The number of anilines is 3. The van der Waals surface area contributed by atoms with E-state index in [0.29, 0.717) is 0 Å². The van der Waals surface area contributed by atoms with Crippen molar-refractivity contribution in [1.82, 2.24) is 0 Å². The van der Waals surface area contributed by atoms with Gasteiger partial charge in [0.05, 0.1) is 5.69 Å². The summed E-state index contributed by atoms with van der Waals surface area (Å²) in [7, 11) is 0. The van der Waals surface area contributed by atoms with Crippen LogP contribution in [0.15, 0.2) is 212 Å². The maximum absolute atomic E-state index is 2.40. The third kappa shape index (κ3) is 5.46. The summed E-state index contributed by atoms with van der Waals surface area (Å²) in [5, 5.41) is 10.3. The number of para-hydroxylation sites is 1. The van der Waals surface area contributed by atoms with E-state index in [0.717, 1.165) is 17.1 Å². The molecule has 0 saturated carbocycles. The smallest absolute Gasteiger partial charge is 0.0540 e. The molecule has 0 saturated heterocycles. The first-order valence-electron chi connectivity index (χ1n) is 19.2. The van der Waals surface area contributed by atoms with Crippen LogP contribution in [0, 0.1) is 0 Å². The molecule has 0 aliphatic carbocycles. The minimum atomic E-state index is 1.10. The average Bonchev–Trinajstić information content (AvgIpc) is 3.66. The summed E-state index contributed by atoms with van der Waals surface area (Å²) in [5.41, 5.74) is 10.6. The molecule has 11 aromatic rings. The summed E-state index contributed by atoms with van der Waals surface area (Å²) in [6.45, 7) is 0. The Morgan fingerprint density at radius 2 is 0.875 bits per heavy atom. The minimum Gasteiger partial charge on any atom is -0.310 e. The van der Waals surface area contributed by atoms with E-state index in [2.05, 4.69) is 217 Å². The SMILES string of the molecule is c1ccc(-c2ccccc2N(c2ccc(-c3ccc4c(ccc5c6ccccc6sc45)c3)cc2)c2ccc(-c3cc4ccccc4c4ccccc34)cc2)cc1. The van der Waals surface area contributed by atoms with Gasteiger partial charge in [-0.05, 0) is 109 Å². The normalized spacial score (nSPS) is 11.6. The van der Waals surface area contributed by atoms with E-state index in [1.165, 1.54) is 85.9 Å². The van der Waals surface area contributed by atoms with E-state index in [-0.39, 0.29) is 0 Å². The van der Waals surface area contributed by atoms with E-state index in [9.17, 15) is 0 Å². The lowest BCUT2D eigenvalue weighted by Gasteiger charge is -2.28. The Kier molecular flexibility index (Phi) is 7.75. The third-order valence-corrected chi connectivity index (χ3v) is 12.5. The highest BCUT2D eigenvalue weighted by Gasteiger charge is 2.18. The van der Waals surface area contributed by atoms with Gasteiger partial charge in [0.2, 0.25) is 0 Å². The predicted molar refractivity (Wildman–Crippen MR) is 243 cm³/mol. The Balaban J connectivity index is 1.01. The van der Waals surface area contributed by atoms with Crippen LogP contribution < -0.4 is 4.90 Å². The first-order valence-corrected chi connectivity index (χ1v) is 20.0. The fourth-order valence-electron chi connectivity index (χ4n) is 8.53. The zero-order valence-corrected chi connectivity index (χ0v) is 31.4. The van der Waals surface area contributed by atoms with Crippen LogP contribution >= 0.6 is 11.3 Å². The lowest BCUT2D eigenvalue weighted by atomic mass is 9.93. The highest BCUT2D eigenvalue weighted by Crippen LogP contribution is 2.44. The molecule has 0 spiro atoms. The van der Waals surface area contributed by atoms with Gasteiger partial charge in [0.1, 0.15) is 0 Å². The molecule has 0 radical (unpaired) electrons. The second kappa shape index (κ2) is 13.4. The van der Waals surface area contributed by atoms with Gasteiger partial charge in [0.15, 0.2) is 0 Å². The van der Waals surface area contributed by atoms with Crippen molar-refractivity contribution in [2.75, 3.05) is 4.90 Å². The van der Waals surface area contributed by atoms with Crippen LogP contribution in [0.5, 0.6) is 0 Å². The fraction of sp³-hybridized carbons (Fsp3) is 0. The van der Waals surface area contributed by atoms with Gasteiger partial charge in [0, 0.05) is 37.1 Å². The van der Waals surface area contributed by atoms with Crippen molar-refractivity contribution >= 4 is 80.9 Å². The Morgan fingerprint density at radius 3 is 1.68 bits per heavy atom. The van der Waals surface area contributed by atoms with Crippen molar-refractivity contribution in [3.63, 3.8) is 0 Å². The molecular weight excluding hydrogens is 695 g/mol. The molecule has 0 aliphatic heterocycles. The van der Waals surface area contributed by atoms with Crippen LogP contribution in [0.25, 0.3) is 85.9 Å². The second-order valence-electron chi connectivity index (χ2n) is 14.5. The number of hydrogen-bond acceptors (Lipinski definition) is 2. The topological polar surface area (TPSA) is 3.24 Å². The van der Waals surface area contributed by atoms with Crippen LogP contribution in [0.3, 0.4) is 0 Å². The van der Waals surface area contributed by atoms with E-state index < -0.39 is 0 Å². The number of hydrogen-bond donors (Lipinski definition) is 0. The van der Waals surface area contributed by atoms with Gasteiger partial charge in [-0.3, -0.25) is 0 Å². The molecule has 0 aliphatic rings. The Hall–Kier alpha value is -7.00. The van der Waals surface area contributed by atoms with Crippen molar-refractivity contribution < 1.29 is 0 Å². The number of rotatable bonds is 6. The summed E-state index contributed by atoms with van der Waals surface area (Å²) < 4.78 is 2.70. The van der Waals surface area contributed by atoms with E-state index in [1.54, 1.807) is 0 Å². The van der Waals surface area contributed by atoms with Gasteiger partial charge in [-0.25, -0.2) is 0 Å². The van der Waals surface area contributed by atoms with E-state index >= 15 is 0 Å². The molecule has 10 aromatic carbocycles. The van der Waals surface area contributed by atoms with Gasteiger partial charge >= 0.3 is 0 Å². The molecule has 1 heterocycles. The van der Waals surface area contributed by atoms with Gasteiger partial charge < -0.3 is 4.90 Å². The molecule has 0 N–H and O–H groups in total. The average molecular weight is 730 g/mol. The van der Waals surface area contributed by atoms with Crippen LogP contribution in [-0.2, 0) is 0 Å². The predicted octanol–water partition coefficient (Wildman–Crippen LogP) is 16.0. The minimum absolute atomic E-state index is 1.10. The number of benzene rings is 10. The number of nitrogens with zero attached hydrogens (tertiary/aromatic N) is 1. The summed E-state index contributed by atoms with van der Waals surface area (Å²) in [6.07, 6.45) is 0. The van der Waals surface area contributed by atoms with Crippen molar-refractivity contribution in [3.05, 3.63) is 212 Å². The molecule has 1 aromatic heterocycles. The summed E-state index contributed by atoms with van der Waals surface area (Å²) >= 11 is 1.89. The Bertz CT molecular complexity index is 3230. The van der Waals surface area contributed by atoms with Crippen LogP contribution in [-0.4, -0.2) is 0 Å². The molecule has 2 heteroatoms. The molecular formula is C54H35NS. The molecule has 0 fully saturated rings. The number of thiophene rings is 1. The molecule has 1 nitrogen and oxygen atoms in total. The van der Waals surface area contributed by atoms with Gasteiger partial charge in [0.25, 0.3) is 0 Å². The molecule has 0 atom stereocenters. The molecule has 11 rings (SSSR count). The van der Waals surface area contributed by atoms with Crippen LogP contribution in [0.1, 0.15) is 0 Å². The summed E-state index contributed by atoms with van der Waals surface area (Å²) in [4.78, 5) is 2.40. The van der Waals surface area contributed by atoms with E-state index in [1.807, 2.05) is 11.3 Å². The summed E-state index contributed by atoms with van der Waals surface area (Å²) in [5.74, 6) is 0. The molecule has 0 bridgehead atoms. The number of fused-ring (bicyclic) bond motifs is 8. The van der Waals surface area contributed by atoms with Gasteiger partial charge in [-0.15, -0.1) is 11.3 Å². The zero-order valence-electron chi connectivity index (χ0n) is 30.6.